The number of carbonyl (C=O) groups excluding carboxylic acids is 2. The van der Waals surface area contributed by atoms with Gasteiger partial charge in [-0.05, 0) is 31.2 Å². The number of halogens is 3. The van der Waals surface area contributed by atoms with E-state index < -0.39 is 18.0 Å². The number of aryl methyl sites for hydroxylation is 1. The molecule has 2 aromatic heterocycles. The molecule has 3 aromatic carbocycles. The monoisotopic (exact) mass is 516 g/mol. The zero-order chi connectivity index (χ0) is 26.1. The first-order valence-electron chi connectivity index (χ1n) is 11.3. The van der Waals surface area contributed by atoms with Gasteiger partial charge in [-0.15, -0.1) is 0 Å². The van der Waals surface area contributed by atoms with Gasteiger partial charge in [0.1, 0.15) is 11.3 Å². The molecule has 0 atom stereocenters. The van der Waals surface area contributed by atoms with Crippen LogP contribution in [0.2, 0.25) is 5.02 Å². The molecule has 0 fully saturated rings. The van der Waals surface area contributed by atoms with Crippen molar-refractivity contribution < 1.29 is 18.4 Å². The summed E-state index contributed by atoms with van der Waals surface area (Å²) in [6, 6.07) is 21.6. The zero-order valence-corrected chi connectivity index (χ0v) is 20.2. The van der Waals surface area contributed by atoms with Crippen molar-refractivity contribution in [2.45, 2.75) is 13.3 Å². The predicted molar refractivity (Wildman–Crippen MR) is 137 cm³/mol. The van der Waals surface area contributed by atoms with E-state index in [0.29, 0.717) is 16.1 Å². The predicted octanol–water partition coefficient (Wildman–Crippen LogP) is 6.78. The van der Waals surface area contributed by atoms with Gasteiger partial charge in [-0.2, -0.15) is 5.10 Å². The van der Waals surface area contributed by atoms with E-state index in [-0.39, 0.29) is 33.9 Å². The Morgan fingerprint density at radius 3 is 2.38 bits per heavy atom. The molecule has 5 aromatic rings. The number of alkyl halides is 2. The number of rotatable bonds is 6. The maximum atomic E-state index is 13.9. The first kappa shape index (κ1) is 24.3. The van der Waals surface area contributed by atoms with Crippen molar-refractivity contribution in [3.8, 4) is 11.3 Å². The molecule has 0 radical (unpaired) electrons. The van der Waals surface area contributed by atoms with E-state index in [9.17, 15) is 18.4 Å². The van der Waals surface area contributed by atoms with Gasteiger partial charge < -0.3 is 5.32 Å². The third-order valence-corrected chi connectivity index (χ3v) is 6.06. The molecule has 9 heteroatoms. The Bertz CT molecular complexity index is 1630. The summed E-state index contributed by atoms with van der Waals surface area (Å²) in [5.74, 6) is -0.994. The van der Waals surface area contributed by atoms with Crippen molar-refractivity contribution in [3.63, 3.8) is 0 Å². The van der Waals surface area contributed by atoms with Crippen LogP contribution >= 0.6 is 11.6 Å². The Kier molecular flexibility index (Phi) is 6.50. The van der Waals surface area contributed by atoms with Crippen LogP contribution in [0, 0.1) is 6.92 Å². The molecule has 6 nitrogen and oxygen atoms in total. The van der Waals surface area contributed by atoms with E-state index in [0.717, 1.165) is 10.1 Å². The summed E-state index contributed by atoms with van der Waals surface area (Å²) in [7, 11) is 0. The van der Waals surface area contributed by atoms with Crippen LogP contribution in [0.5, 0.6) is 0 Å². The number of amides is 1. The smallest absolute Gasteiger partial charge is 0.280 e. The average Bonchev–Trinajstić information content (AvgIpc) is 3.34. The van der Waals surface area contributed by atoms with Gasteiger partial charge in [0.2, 0.25) is 0 Å². The second kappa shape index (κ2) is 9.91. The number of carbonyl (C=O) groups is 2. The fourth-order valence-electron chi connectivity index (χ4n) is 3.92. The number of hydrogen-bond acceptors (Lipinski definition) is 4. The Balaban J connectivity index is 1.56. The van der Waals surface area contributed by atoms with Crippen LogP contribution in [-0.2, 0) is 0 Å². The summed E-state index contributed by atoms with van der Waals surface area (Å²) >= 11 is 6.14. The molecule has 1 amide bonds. The molecule has 0 spiro atoms. The van der Waals surface area contributed by atoms with Crippen molar-refractivity contribution in [1.82, 2.24) is 14.6 Å². The number of anilines is 1. The van der Waals surface area contributed by atoms with Crippen LogP contribution in [-0.4, -0.2) is 26.3 Å². The number of benzene rings is 3. The number of fused-ring (bicyclic) bond motifs is 1. The molecule has 0 saturated carbocycles. The second-order valence-corrected chi connectivity index (χ2v) is 8.80. The molecule has 0 aliphatic rings. The molecule has 0 bridgehead atoms. The quantitative estimate of drug-likeness (QED) is 0.252. The van der Waals surface area contributed by atoms with Crippen molar-refractivity contribution in [3.05, 3.63) is 118 Å². The molecule has 0 unspecified atom stereocenters. The van der Waals surface area contributed by atoms with Crippen LogP contribution < -0.4 is 5.32 Å². The minimum atomic E-state index is -2.85. The summed E-state index contributed by atoms with van der Waals surface area (Å²) < 4.78 is 28.8. The van der Waals surface area contributed by atoms with E-state index in [1.165, 1.54) is 30.5 Å². The van der Waals surface area contributed by atoms with Gasteiger partial charge >= 0.3 is 0 Å². The topological polar surface area (TPSA) is 76.4 Å². The Hall–Kier alpha value is -4.43. The van der Waals surface area contributed by atoms with Gasteiger partial charge in [-0.3, -0.25) is 9.59 Å². The number of hydrogen-bond donors (Lipinski definition) is 1. The lowest BCUT2D eigenvalue weighted by Crippen LogP contribution is -2.16. The summed E-state index contributed by atoms with van der Waals surface area (Å²) in [6.07, 6.45) is -1.67. The fourth-order valence-corrected chi connectivity index (χ4v) is 4.09. The lowest BCUT2D eigenvalue weighted by molar-refractivity contribution is 0.102. The van der Waals surface area contributed by atoms with Crippen LogP contribution in [0.4, 0.5) is 14.5 Å². The first-order chi connectivity index (χ1) is 17.8. The Morgan fingerprint density at radius 1 is 0.946 bits per heavy atom. The highest BCUT2D eigenvalue weighted by atomic mass is 35.5. The van der Waals surface area contributed by atoms with E-state index in [2.05, 4.69) is 15.4 Å². The van der Waals surface area contributed by atoms with Crippen LogP contribution in [0.15, 0.2) is 85.1 Å². The number of nitrogens with zero attached hydrogens (tertiary/aromatic N) is 3. The lowest BCUT2D eigenvalue weighted by atomic mass is 10.0. The summed E-state index contributed by atoms with van der Waals surface area (Å²) in [5.41, 5.74) is 2.27. The molecule has 0 aliphatic carbocycles. The van der Waals surface area contributed by atoms with Gasteiger partial charge in [-0.25, -0.2) is 18.3 Å². The summed E-state index contributed by atoms with van der Waals surface area (Å²) in [5, 5.41) is 7.01. The number of ketones is 1. The van der Waals surface area contributed by atoms with Gasteiger partial charge in [0.05, 0.1) is 17.6 Å². The molecule has 184 valence electrons. The van der Waals surface area contributed by atoms with E-state index in [1.807, 2.05) is 19.1 Å². The maximum absolute atomic E-state index is 13.9. The molecule has 2 heterocycles. The fraction of sp³-hybridized carbons (Fsp3) is 0.0714. The highest BCUT2D eigenvalue weighted by Crippen LogP contribution is 2.28. The second-order valence-electron chi connectivity index (χ2n) is 8.37. The van der Waals surface area contributed by atoms with Crippen molar-refractivity contribution in [2.75, 3.05) is 5.32 Å². The molecule has 1 N–H and O–H groups in total. The van der Waals surface area contributed by atoms with Gasteiger partial charge in [0.15, 0.2) is 11.4 Å². The lowest BCUT2D eigenvalue weighted by Gasteiger charge is -2.12. The van der Waals surface area contributed by atoms with E-state index in [1.54, 1.807) is 42.5 Å². The van der Waals surface area contributed by atoms with Gasteiger partial charge in [0.25, 0.3) is 12.3 Å². The standard InChI is InChI=1S/C28H19ClF2N4O2/c1-16-7-9-17(10-8-16)23-14-24(26(30)31)35-27(33-23)21(15-32-35)28(37)34-22-12-11-19(29)13-20(22)25(36)18-5-3-2-4-6-18/h2-15,26H,1H3,(H,34,37). The van der Waals surface area contributed by atoms with Crippen molar-refractivity contribution in [1.29, 1.82) is 0 Å². The summed E-state index contributed by atoms with van der Waals surface area (Å²) in [6.45, 7) is 1.91. The molecular weight excluding hydrogens is 498 g/mol. The molecule has 37 heavy (non-hydrogen) atoms. The first-order valence-corrected chi connectivity index (χ1v) is 11.6. The van der Waals surface area contributed by atoms with Crippen LogP contribution in [0.25, 0.3) is 16.9 Å². The Morgan fingerprint density at radius 2 is 1.68 bits per heavy atom. The average molecular weight is 517 g/mol. The number of nitrogens with one attached hydrogen (secondary N) is 1. The van der Waals surface area contributed by atoms with E-state index >= 15 is 0 Å². The minimum absolute atomic E-state index is 0.0241. The van der Waals surface area contributed by atoms with Gasteiger partial charge in [0, 0.05) is 21.7 Å². The van der Waals surface area contributed by atoms with Crippen molar-refractivity contribution >= 4 is 34.6 Å². The van der Waals surface area contributed by atoms with E-state index in [4.69, 9.17) is 11.6 Å². The van der Waals surface area contributed by atoms with Crippen LogP contribution in [0.1, 0.15) is 44.0 Å². The zero-order valence-electron chi connectivity index (χ0n) is 19.5. The highest BCUT2D eigenvalue weighted by Gasteiger charge is 2.23. The maximum Gasteiger partial charge on any atom is 0.280 e. The summed E-state index contributed by atoms with van der Waals surface area (Å²) in [4.78, 5) is 30.9. The SMILES string of the molecule is Cc1ccc(-c2cc(C(F)F)n3ncc(C(=O)Nc4ccc(Cl)cc4C(=O)c4ccccc4)c3n2)cc1. The van der Waals surface area contributed by atoms with Crippen molar-refractivity contribution in [2.24, 2.45) is 0 Å². The Labute approximate surface area is 215 Å². The molecular formula is C28H19ClF2N4O2. The molecule has 0 saturated heterocycles. The third-order valence-electron chi connectivity index (χ3n) is 5.83. The largest absolute Gasteiger partial charge is 0.321 e. The van der Waals surface area contributed by atoms with Crippen LogP contribution in [0.3, 0.4) is 0 Å². The minimum Gasteiger partial charge on any atom is -0.321 e. The normalized spacial score (nSPS) is 11.2. The molecule has 0 aliphatic heterocycles. The third kappa shape index (κ3) is 4.83. The number of aromatic nitrogens is 3. The molecule has 5 rings (SSSR count). The highest BCUT2D eigenvalue weighted by molar-refractivity contribution is 6.31. The van der Waals surface area contributed by atoms with Gasteiger partial charge in [-0.1, -0.05) is 71.8 Å².